The molecular formula is C22H18N4O2S2. The molecule has 2 N–H and O–H groups in total. The van der Waals surface area contributed by atoms with Crippen LogP contribution in [0, 0.1) is 6.92 Å². The summed E-state index contributed by atoms with van der Waals surface area (Å²) in [6.07, 6.45) is 1.50. The average molecular weight is 435 g/mol. The number of aryl methyl sites for hydroxylation is 2. The molecule has 0 radical (unpaired) electrons. The molecule has 6 nitrogen and oxygen atoms in total. The van der Waals surface area contributed by atoms with Gasteiger partial charge < -0.3 is 5.32 Å². The van der Waals surface area contributed by atoms with Crippen LogP contribution in [-0.2, 0) is 11.2 Å². The number of nitrogens with zero attached hydrogens (tertiary/aromatic N) is 2. The molecule has 4 aromatic rings. The van der Waals surface area contributed by atoms with Gasteiger partial charge in [-0.2, -0.15) is 0 Å². The van der Waals surface area contributed by atoms with Crippen LogP contribution in [0.15, 0.2) is 48.5 Å². The Bertz CT molecular complexity index is 1230. The van der Waals surface area contributed by atoms with Crippen molar-refractivity contribution in [2.24, 2.45) is 0 Å². The summed E-state index contributed by atoms with van der Waals surface area (Å²) in [6.45, 7) is 1.98. The molecule has 2 amide bonds. The fourth-order valence-corrected chi connectivity index (χ4v) is 5.43. The van der Waals surface area contributed by atoms with Crippen LogP contribution in [0.4, 0.5) is 10.3 Å². The summed E-state index contributed by atoms with van der Waals surface area (Å²) in [5, 5.41) is 6.93. The molecule has 0 saturated heterocycles. The van der Waals surface area contributed by atoms with E-state index in [0.29, 0.717) is 15.8 Å². The maximum Gasteiger partial charge on any atom is 0.257 e. The van der Waals surface area contributed by atoms with Crippen molar-refractivity contribution in [1.82, 2.24) is 9.97 Å². The highest BCUT2D eigenvalue weighted by atomic mass is 32.1. The molecule has 1 atom stereocenters. The average Bonchev–Trinajstić information content (AvgIpc) is 3.41. The van der Waals surface area contributed by atoms with E-state index in [2.05, 4.69) is 20.6 Å². The molecule has 1 unspecified atom stereocenters. The van der Waals surface area contributed by atoms with Gasteiger partial charge in [0.05, 0.1) is 21.8 Å². The zero-order chi connectivity index (χ0) is 20.7. The third kappa shape index (κ3) is 3.59. The molecule has 2 aromatic carbocycles. The number of rotatable bonds is 4. The number of amides is 2. The van der Waals surface area contributed by atoms with E-state index in [4.69, 9.17) is 0 Å². The third-order valence-electron chi connectivity index (χ3n) is 5.09. The van der Waals surface area contributed by atoms with Gasteiger partial charge in [-0.05, 0) is 44.0 Å². The standard InChI is InChI=1S/C22H18N4O2S2/c1-12-6-8-13(9-7-12)19(27)25-22-24-18-14(10-11-17(18)30-22)20(28)26-21-23-15-4-2-3-5-16(15)29-21/h2-9,14H,10-11H2,1H3,(H,23,26,28)(H,24,25,27). The highest BCUT2D eigenvalue weighted by Crippen LogP contribution is 2.39. The first-order chi connectivity index (χ1) is 14.6. The second-order valence-electron chi connectivity index (χ2n) is 7.21. The first-order valence-corrected chi connectivity index (χ1v) is 11.2. The molecule has 1 aliphatic rings. The zero-order valence-electron chi connectivity index (χ0n) is 16.1. The van der Waals surface area contributed by atoms with Crippen molar-refractivity contribution < 1.29 is 9.59 Å². The number of nitrogens with one attached hydrogen (secondary N) is 2. The lowest BCUT2D eigenvalue weighted by Crippen LogP contribution is -2.20. The van der Waals surface area contributed by atoms with Crippen LogP contribution in [0.2, 0.25) is 0 Å². The van der Waals surface area contributed by atoms with E-state index < -0.39 is 0 Å². The summed E-state index contributed by atoms with van der Waals surface area (Å²) in [4.78, 5) is 35.4. The van der Waals surface area contributed by atoms with E-state index in [0.717, 1.165) is 39.2 Å². The van der Waals surface area contributed by atoms with Crippen LogP contribution in [0.25, 0.3) is 10.2 Å². The van der Waals surface area contributed by atoms with Gasteiger partial charge in [-0.3, -0.25) is 14.9 Å². The highest BCUT2D eigenvalue weighted by Gasteiger charge is 2.33. The van der Waals surface area contributed by atoms with E-state index in [1.54, 1.807) is 12.1 Å². The Balaban J connectivity index is 1.30. The molecule has 0 bridgehead atoms. The quantitative estimate of drug-likeness (QED) is 0.474. The van der Waals surface area contributed by atoms with Gasteiger partial charge in [0, 0.05) is 10.4 Å². The summed E-state index contributed by atoms with van der Waals surface area (Å²) < 4.78 is 1.04. The van der Waals surface area contributed by atoms with Crippen LogP contribution in [-0.4, -0.2) is 21.8 Å². The summed E-state index contributed by atoms with van der Waals surface area (Å²) in [7, 11) is 0. The molecule has 0 aliphatic heterocycles. The number of hydrogen-bond acceptors (Lipinski definition) is 6. The number of carbonyl (C=O) groups excluding carboxylic acids is 2. The Hall–Kier alpha value is -3.10. The van der Waals surface area contributed by atoms with Crippen molar-refractivity contribution in [3.8, 4) is 0 Å². The molecule has 0 saturated carbocycles. The van der Waals surface area contributed by atoms with E-state index >= 15 is 0 Å². The van der Waals surface area contributed by atoms with Crippen molar-refractivity contribution in [2.75, 3.05) is 10.6 Å². The van der Waals surface area contributed by atoms with Crippen molar-refractivity contribution in [2.45, 2.75) is 25.7 Å². The number of thiazole rings is 2. The topological polar surface area (TPSA) is 84.0 Å². The van der Waals surface area contributed by atoms with Crippen LogP contribution in [0.3, 0.4) is 0 Å². The molecule has 8 heteroatoms. The van der Waals surface area contributed by atoms with Gasteiger partial charge in [0.2, 0.25) is 5.91 Å². The first kappa shape index (κ1) is 18.9. The summed E-state index contributed by atoms with van der Waals surface area (Å²) in [5.74, 6) is -0.624. The fraction of sp³-hybridized carbons (Fsp3) is 0.182. The SMILES string of the molecule is Cc1ccc(C(=O)Nc2nc3c(s2)CCC3C(=O)Nc2nc3ccccc3s2)cc1. The van der Waals surface area contributed by atoms with Crippen LogP contribution >= 0.6 is 22.7 Å². The number of para-hydroxylation sites is 1. The second-order valence-corrected chi connectivity index (χ2v) is 9.33. The second kappa shape index (κ2) is 7.62. The van der Waals surface area contributed by atoms with E-state index in [1.165, 1.54) is 22.7 Å². The van der Waals surface area contributed by atoms with Crippen molar-refractivity contribution >= 4 is 55.0 Å². The lowest BCUT2D eigenvalue weighted by atomic mass is 10.1. The Morgan fingerprint density at radius 3 is 2.53 bits per heavy atom. The maximum atomic E-state index is 12.9. The monoisotopic (exact) mass is 434 g/mol. The van der Waals surface area contributed by atoms with Gasteiger partial charge in [0.1, 0.15) is 0 Å². The van der Waals surface area contributed by atoms with Crippen LogP contribution < -0.4 is 10.6 Å². The van der Waals surface area contributed by atoms with E-state index in [-0.39, 0.29) is 17.7 Å². The fourth-order valence-electron chi connectivity index (χ4n) is 3.53. The smallest absolute Gasteiger partial charge is 0.257 e. The Kier molecular flexibility index (Phi) is 4.80. The van der Waals surface area contributed by atoms with Gasteiger partial charge in [-0.25, -0.2) is 9.97 Å². The number of carbonyl (C=O) groups is 2. The molecule has 30 heavy (non-hydrogen) atoms. The molecule has 2 heterocycles. The van der Waals surface area contributed by atoms with Crippen molar-refractivity contribution in [1.29, 1.82) is 0 Å². The Morgan fingerprint density at radius 1 is 0.967 bits per heavy atom. The molecule has 0 fully saturated rings. The lowest BCUT2D eigenvalue weighted by molar-refractivity contribution is -0.117. The van der Waals surface area contributed by atoms with Crippen LogP contribution in [0.5, 0.6) is 0 Å². The van der Waals surface area contributed by atoms with Gasteiger partial charge in [-0.1, -0.05) is 41.2 Å². The molecule has 5 rings (SSSR count). The summed E-state index contributed by atoms with van der Waals surface area (Å²) >= 11 is 2.90. The number of benzene rings is 2. The van der Waals surface area contributed by atoms with E-state index in [9.17, 15) is 9.59 Å². The van der Waals surface area contributed by atoms with Crippen molar-refractivity contribution in [3.63, 3.8) is 0 Å². The molecule has 0 spiro atoms. The molecule has 150 valence electrons. The number of aromatic nitrogens is 2. The van der Waals surface area contributed by atoms with Gasteiger partial charge in [0.15, 0.2) is 10.3 Å². The zero-order valence-corrected chi connectivity index (χ0v) is 17.8. The largest absolute Gasteiger partial charge is 0.301 e. The molecular weight excluding hydrogens is 416 g/mol. The lowest BCUT2D eigenvalue weighted by Gasteiger charge is -2.08. The minimum Gasteiger partial charge on any atom is -0.301 e. The first-order valence-electron chi connectivity index (χ1n) is 9.61. The van der Waals surface area contributed by atoms with E-state index in [1.807, 2.05) is 43.3 Å². The number of hydrogen-bond donors (Lipinski definition) is 2. The predicted molar refractivity (Wildman–Crippen MR) is 121 cm³/mol. The van der Waals surface area contributed by atoms with Gasteiger partial charge >= 0.3 is 0 Å². The highest BCUT2D eigenvalue weighted by molar-refractivity contribution is 7.22. The predicted octanol–water partition coefficient (Wildman–Crippen LogP) is 4.98. The Labute approximate surface area is 181 Å². The molecule has 1 aliphatic carbocycles. The minimum atomic E-state index is -0.326. The third-order valence-corrected chi connectivity index (χ3v) is 7.09. The normalized spacial score (nSPS) is 15.2. The Morgan fingerprint density at radius 2 is 1.73 bits per heavy atom. The maximum absolute atomic E-state index is 12.9. The minimum absolute atomic E-state index is 0.102. The number of fused-ring (bicyclic) bond motifs is 2. The van der Waals surface area contributed by atoms with Gasteiger partial charge in [-0.15, -0.1) is 11.3 Å². The van der Waals surface area contributed by atoms with Crippen molar-refractivity contribution in [3.05, 3.63) is 70.2 Å². The summed E-state index contributed by atoms with van der Waals surface area (Å²) in [5.41, 5.74) is 3.32. The molecule has 2 aromatic heterocycles. The van der Waals surface area contributed by atoms with Crippen LogP contribution in [0.1, 0.15) is 38.8 Å². The van der Waals surface area contributed by atoms with Gasteiger partial charge in [0.25, 0.3) is 5.91 Å². The summed E-state index contributed by atoms with van der Waals surface area (Å²) in [6, 6.07) is 15.2. The number of anilines is 2.